The van der Waals surface area contributed by atoms with Crippen molar-refractivity contribution in [1.29, 1.82) is 5.26 Å². The van der Waals surface area contributed by atoms with Gasteiger partial charge in [0.25, 0.3) is 0 Å². The molecule has 0 N–H and O–H groups in total. The summed E-state index contributed by atoms with van der Waals surface area (Å²) in [5.74, 6) is -0.485. The van der Waals surface area contributed by atoms with E-state index in [9.17, 15) is 9.59 Å². The number of imidazole rings is 1. The molecule has 2 aromatic rings. The fourth-order valence-electron chi connectivity index (χ4n) is 1.97. The molecule has 0 spiro atoms. The minimum absolute atomic E-state index is 0.0651. The van der Waals surface area contributed by atoms with Gasteiger partial charge in [0.2, 0.25) is 0 Å². The number of nitriles is 1. The van der Waals surface area contributed by atoms with Gasteiger partial charge in [-0.05, 0) is 12.1 Å². The second kappa shape index (κ2) is 5.40. The van der Waals surface area contributed by atoms with Crippen molar-refractivity contribution in [2.24, 2.45) is 7.05 Å². The molecule has 0 fully saturated rings. The van der Waals surface area contributed by atoms with Crippen LogP contribution in [0.5, 0.6) is 0 Å². The lowest BCUT2D eigenvalue weighted by Crippen LogP contribution is -2.23. The molecule has 6 heteroatoms. The van der Waals surface area contributed by atoms with Crippen molar-refractivity contribution in [1.82, 2.24) is 9.13 Å². The Kier molecular flexibility index (Phi) is 3.66. The van der Waals surface area contributed by atoms with E-state index in [2.05, 4.69) is 4.74 Å². The molecule has 0 saturated carbocycles. The molecule has 0 unspecified atom stereocenters. The average molecular weight is 259 g/mol. The Morgan fingerprint density at radius 1 is 1.37 bits per heavy atom. The molecule has 0 radical (unpaired) electrons. The van der Waals surface area contributed by atoms with Crippen molar-refractivity contribution >= 4 is 17.0 Å². The van der Waals surface area contributed by atoms with Crippen LogP contribution in [0.1, 0.15) is 6.42 Å². The molecule has 0 atom stereocenters. The number of carbonyl (C=O) groups excluding carboxylic acids is 1. The zero-order chi connectivity index (χ0) is 13.8. The third kappa shape index (κ3) is 2.50. The Labute approximate surface area is 109 Å². The lowest BCUT2D eigenvalue weighted by molar-refractivity contribution is -0.142. The second-order valence-corrected chi connectivity index (χ2v) is 4.05. The average Bonchev–Trinajstić information content (AvgIpc) is 2.67. The van der Waals surface area contributed by atoms with Crippen molar-refractivity contribution in [3.8, 4) is 6.07 Å². The molecule has 0 bridgehead atoms. The highest BCUT2D eigenvalue weighted by Gasteiger charge is 2.11. The highest BCUT2D eigenvalue weighted by atomic mass is 16.5. The van der Waals surface area contributed by atoms with Gasteiger partial charge in [-0.2, -0.15) is 5.26 Å². The van der Waals surface area contributed by atoms with Crippen molar-refractivity contribution in [2.75, 3.05) is 6.61 Å². The van der Waals surface area contributed by atoms with Crippen LogP contribution in [-0.4, -0.2) is 21.7 Å². The largest absolute Gasteiger partial charge is 0.450 e. The number of carbonyl (C=O) groups is 1. The molecule has 2 rings (SSSR count). The number of rotatable bonds is 4. The number of ether oxygens (including phenoxy) is 1. The standard InChI is InChI=1S/C13H13N3O3/c1-15-10-4-2-3-5-11(10)16(13(15)18)8-6-12(17)19-9-7-14/h2-5H,6,8-9H2,1H3. The molecule has 0 aliphatic carbocycles. The smallest absolute Gasteiger partial charge is 0.328 e. The van der Waals surface area contributed by atoms with Gasteiger partial charge in [-0.15, -0.1) is 0 Å². The Balaban J connectivity index is 2.22. The molecular weight excluding hydrogens is 246 g/mol. The SMILES string of the molecule is Cn1c(=O)n(CCC(=O)OCC#N)c2ccccc21. The molecular formula is C13H13N3O3. The molecule has 1 aromatic carbocycles. The first kappa shape index (κ1) is 12.9. The number of aryl methyl sites for hydroxylation is 2. The highest BCUT2D eigenvalue weighted by molar-refractivity contribution is 5.76. The van der Waals surface area contributed by atoms with E-state index in [-0.39, 0.29) is 25.3 Å². The van der Waals surface area contributed by atoms with E-state index < -0.39 is 5.97 Å². The molecule has 19 heavy (non-hydrogen) atoms. The van der Waals surface area contributed by atoms with Gasteiger partial charge in [0.05, 0.1) is 17.5 Å². The maximum atomic E-state index is 12.0. The molecule has 98 valence electrons. The van der Waals surface area contributed by atoms with E-state index in [1.54, 1.807) is 13.1 Å². The Bertz CT molecular complexity index is 706. The van der Waals surface area contributed by atoms with Gasteiger partial charge in [0.1, 0.15) is 6.07 Å². The second-order valence-electron chi connectivity index (χ2n) is 4.05. The number of para-hydroxylation sites is 2. The van der Waals surface area contributed by atoms with Crippen molar-refractivity contribution in [3.63, 3.8) is 0 Å². The van der Waals surface area contributed by atoms with Crippen LogP contribution in [0.4, 0.5) is 0 Å². The van der Waals surface area contributed by atoms with E-state index in [4.69, 9.17) is 5.26 Å². The third-order valence-corrected chi connectivity index (χ3v) is 2.89. The monoisotopic (exact) mass is 259 g/mol. The van der Waals surface area contributed by atoms with Crippen LogP contribution in [0.15, 0.2) is 29.1 Å². The van der Waals surface area contributed by atoms with Crippen LogP contribution in [0, 0.1) is 11.3 Å². The molecule has 1 heterocycles. The number of esters is 1. The summed E-state index contributed by atoms with van der Waals surface area (Å²) in [6.07, 6.45) is 0.0651. The lowest BCUT2D eigenvalue weighted by Gasteiger charge is -2.02. The lowest BCUT2D eigenvalue weighted by atomic mass is 10.3. The fraction of sp³-hybridized carbons (Fsp3) is 0.308. The zero-order valence-corrected chi connectivity index (χ0v) is 10.5. The van der Waals surface area contributed by atoms with Crippen LogP contribution >= 0.6 is 0 Å². The van der Waals surface area contributed by atoms with Gasteiger partial charge >= 0.3 is 11.7 Å². The van der Waals surface area contributed by atoms with Crippen LogP contribution in [0.3, 0.4) is 0 Å². The Morgan fingerprint density at radius 3 is 2.74 bits per heavy atom. The van der Waals surface area contributed by atoms with E-state index >= 15 is 0 Å². The van der Waals surface area contributed by atoms with Crippen LogP contribution in [0.25, 0.3) is 11.0 Å². The quantitative estimate of drug-likeness (QED) is 0.761. The number of nitrogens with zero attached hydrogens (tertiary/aromatic N) is 3. The minimum Gasteiger partial charge on any atom is -0.450 e. The van der Waals surface area contributed by atoms with Crippen LogP contribution in [-0.2, 0) is 23.1 Å². The van der Waals surface area contributed by atoms with Gasteiger partial charge in [0.15, 0.2) is 6.61 Å². The molecule has 0 aliphatic heterocycles. The molecule has 0 amide bonds. The fourth-order valence-corrected chi connectivity index (χ4v) is 1.97. The van der Waals surface area contributed by atoms with Gasteiger partial charge in [0, 0.05) is 13.6 Å². The third-order valence-electron chi connectivity index (χ3n) is 2.89. The minimum atomic E-state index is -0.485. The summed E-state index contributed by atoms with van der Waals surface area (Å²) in [4.78, 5) is 23.4. The summed E-state index contributed by atoms with van der Waals surface area (Å²) in [5, 5.41) is 8.30. The zero-order valence-electron chi connectivity index (χ0n) is 10.5. The first-order chi connectivity index (χ1) is 9.15. The van der Waals surface area contributed by atoms with Crippen molar-refractivity contribution < 1.29 is 9.53 Å². The molecule has 1 aromatic heterocycles. The Morgan fingerprint density at radius 2 is 2.05 bits per heavy atom. The normalized spacial score (nSPS) is 10.3. The summed E-state index contributed by atoms with van der Waals surface area (Å²) in [6.45, 7) is -0.0201. The summed E-state index contributed by atoms with van der Waals surface area (Å²) in [7, 11) is 1.69. The van der Waals surface area contributed by atoms with Crippen molar-refractivity contribution in [2.45, 2.75) is 13.0 Å². The highest BCUT2D eigenvalue weighted by Crippen LogP contribution is 2.11. The number of fused-ring (bicyclic) bond motifs is 1. The summed E-state index contributed by atoms with van der Waals surface area (Å²) >= 11 is 0. The predicted octanol–water partition coefficient (Wildman–Crippen LogP) is 0.797. The molecule has 0 aliphatic rings. The van der Waals surface area contributed by atoms with Gasteiger partial charge in [-0.3, -0.25) is 13.9 Å². The topological polar surface area (TPSA) is 77.0 Å². The van der Waals surface area contributed by atoms with Crippen LogP contribution in [0.2, 0.25) is 0 Å². The number of hydrogen-bond acceptors (Lipinski definition) is 4. The Hall–Kier alpha value is -2.55. The number of aromatic nitrogens is 2. The maximum absolute atomic E-state index is 12.0. The summed E-state index contributed by atoms with van der Waals surface area (Å²) in [5.41, 5.74) is 1.43. The number of hydrogen-bond donors (Lipinski definition) is 0. The van der Waals surface area contributed by atoms with E-state index in [0.29, 0.717) is 0 Å². The number of benzene rings is 1. The maximum Gasteiger partial charge on any atom is 0.328 e. The van der Waals surface area contributed by atoms with Gasteiger partial charge < -0.3 is 4.74 Å². The van der Waals surface area contributed by atoms with E-state index in [1.807, 2.05) is 24.3 Å². The molecule has 0 saturated heterocycles. The first-order valence-corrected chi connectivity index (χ1v) is 5.82. The predicted molar refractivity (Wildman–Crippen MR) is 68.4 cm³/mol. The first-order valence-electron chi connectivity index (χ1n) is 5.82. The summed E-state index contributed by atoms with van der Waals surface area (Å²) in [6, 6.07) is 9.10. The summed E-state index contributed by atoms with van der Waals surface area (Å²) < 4.78 is 7.72. The molecule has 6 nitrogen and oxygen atoms in total. The van der Waals surface area contributed by atoms with Gasteiger partial charge in [-0.1, -0.05) is 12.1 Å². The van der Waals surface area contributed by atoms with Crippen LogP contribution < -0.4 is 5.69 Å². The van der Waals surface area contributed by atoms with E-state index in [1.165, 1.54) is 9.13 Å². The van der Waals surface area contributed by atoms with E-state index in [0.717, 1.165) is 11.0 Å². The van der Waals surface area contributed by atoms with Gasteiger partial charge in [-0.25, -0.2) is 4.79 Å². The van der Waals surface area contributed by atoms with Crippen molar-refractivity contribution in [3.05, 3.63) is 34.7 Å².